The van der Waals surface area contributed by atoms with Gasteiger partial charge in [-0.15, -0.1) is 0 Å². The van der Waals surface area contributed by atoms with Crippen molar-refractivity contribution in [2.75, 3.05) is 31.1 Å². The number of carbonyl (C=O) groups excluding carboxylic acids is 1. The average Bonchev–Trinajstić information content (AvgIpc) is 2.59. The molecule has 0 atom stereocenters. The zero-order valence-electron chi connectivity index (χ0n) is 16.2. The maximum absolute atomic E-state index is 13.3. The second kappa shape index (κ2) is 9.01. The number of sulfonamides is 1. The molecule has 0 aliphatic rings. The maximum atomic E-state index is 13.3. The molecular weight excluding hydrogens is 364 g/mol. The molecule has 0 fully saturated rings. The van der Waals surface area contributed by atoms with Crippen LogP contribution in [0.15, 0.2) is 47.4 Å². The van der Waals surface area contributed by atoms with Crippen LogP contribution in [0.1, 0.15) is 16.7 Å². The van der Waals surface area contributed by atoms with Crippen molar-refractivity contribution in [3.05, 3.63) is 59.2 Å². The summed E-state index contributed by atoms with van der Waals surface area (Å²) < 4.78 is 32.6. The van der Waals surface area contributed by atoms with Gasteiger partial charge in [-0.1, -0.05) is 23.8 Å². The molecular formula is C20H26N2O4S. The van der Waals surface area contributed by atoms with Gasteiger partial charge in [-0.25, -0.2) is 8.42 Å². The van der Waals surface area contributed by atoms with Crippen LogP contribution in [-0.2, 0) is 19.6 Å². The maximum Gasteiger partial charge on any atom is 0.264 e. The molecule has 0 saturated carbocycles. The smallest absolute Gasteiger partial charge is 0.264 e. The van der Waals surface area contributed by atoms with Crippen molar-refractivity contribution in [1.29, 1.82) is 0 Å². The van der Waals surface area contributed by atoms with Crippen LogP contribution in [-0.4, -0.2) is 41.1 Å². The minimum Gasteiger partial charge on any atom is -0.383 e. The largest absolute Gasteiger partial charge is 0.383 e. The first-order valence-electron chi connectivity index (χ1n) is 8.67. The Morgan fingerprint density at radius 3 is 2.15 bits per heavy atom. The van der Waals surface area contributed by atoms with Crippen molar-refractivity contribution in [3.8, 4) is 0 Å². The zero-order valence-corrected chi connectivity index (χ0v) is 17.0. The van der Waals surface area contributed by atoms with E-state index in [2.05, 4.69) is 5.32 Å². The molecule has 0 saturated heterocycles. The molecule has 0 bridgehead atoms. The van der Waals surface area contributed by atoms with E-state index in [1.165, 1.54) is 7.11 Å². The summed E-state index contributed by atoms with van der Waals surface area (Å²) in [5, 5.41) is 2.68. The molecule has 146 valence electrons. The third-order valence-corrected chi connectivity index (χ3v) is 5.81. The molecule has 0 unspecified atom stereocenters. The monoisotopic (exact) mass is 390 g/mol. The Balaban J connectivity index is 2.42. The van der Waals surface area contributed by atoms with Gasteiger partial charge in [0.2, 0.25) is 5.91 Å². The Hall–Kier alpha value is -2.38. The van der Waals surface area contributed by atoms with E-state index >= 15 is 0 Å². The number of nitrogens with one attached hydrogen (secondary N) is 1. The Morgan fingerprint density at radius 1 is 1.00 bits per heavy atom. The molecule has 2 rings (SSSR count). The highest BCUT2D eigenvalue weighted by Crippen LogP contribution is 2.26. The first-order valence-corrected chi connectivity index (χ1v) is 10.1. The van der Waals surface area contributed by atoms with E-state index in [1.54, 1.807) is 36.4 Å². The number of hydrogen-bond acceptors (Lipinski definition) is 4. The van der Waals surface area contributed by atoms with Gasteiger partial charge in [0, 0.05) is 13.7 Å². The zero-order chi connectivity index (χ0) is 20.0. The molecule has 2 aromatic carbocycles. The summed E-state index contributed by atoms with van der Waals surface area (Å²) in [5.41, 5.74) is 3.28. The second-order valence-electron chi connectivity index (χ2n) is 6.51. The van der Waals surface area contributed by atoms with Gasteiger partial charge in [-0.3, -0.25) is 9.10 Å². The second-order valence-corrected chi connectivity index (χ2v) is 8.38. The lowest BCUT2D eigenvalue weighted by molar-refractivity contribution is -0.119. The molecule has 0 aliphatic heterocycles. The molecule has 0 aromatic heterocycles. The van der Waals surface area contributed by atoms with Gasteiger partial charge in [0.15, 0.2) is 0 Å². The highest BCUT2D eigenvalue weighted by atomic mass is 32.2. The van der Waals surface area contributed by atoms with Crippen LogP contribution in [0.4, 0.5) is 5.69 Å². The van der Waals surface area contributed by atoms with Gasteiger partial charge in [0.1, 0.15) is 6.54 Å². The number of nitrogens with zero attached hydrogens (tertiary/aromatic N) is 1. The van der Waals surface area contributed by atoms with Gasteiger partial charge in [0.05, 0.1) is 17.2 Å². The highest BCUT2D eigenvalue weighted by molar-refractivity contribution is 7.92. The number of hydrogen-bond donors (Lipinski definition) is 1. The van der Waals surface area contributed by atoms with E-state index in [9.17, 15) is 13.2 Å². The third kappa shape index (κ3) is 5.55. The van der Waals surface area contributed by atoms with Crippen LogP contribution in [0.5, 0.6) is 0 Å². The fourth-order valence-corrected chi connectivity index (χ4v) is 4.13. The van der Waals surface area contributed by atoms with Crippen molar-refractivity contribution in [1.82, 2.24) is 5.32 Å². The lowest BCUT2D eigenvalue weighted by Gasteiger charge is -2.25. The minimum atomic E-state index is -3.89. The number of rotatable bonds is 8. The molecule has 7 heteroatoms. The standard InChI is InChI=1S/C20H26N2O4S/c1-15-5-7-19(8-6-15)27(24,25)22(14-20(23)21-9-10-26-4)18-12-16(2)11-17(3)13-18/h5-8,11-13H,9-10,14H2,1-4H3,(H,21,23). The fourth-order valence-electron chi connectivity index (χ4n) is 2.73. The van der Waals surface area contributed by atoms with Crippen LogP contribution in [0.2, 0.25) is 0 Å². The van der Waals surface area contributed by atoms with Crippen molar-refractivity contribution in [3.63, 3.8) is 0 Å². The minimum absolute atomic E-state index is 0.150. The summed E-state index contributed by atoms with van der Waals surface area (Å²) >= 11 is 0. The van der Waals surface area contributed by atoms with E-state index in [0.717, 1.165) is 21.0 Å². The van der Waals surface area contributed by atoms with Crippen LogP contribution in [0, 0.1) is 20.8 Å². The van der Waals surface area contributed by atoms with E-state index in [-0.39, 0.29) is 17.3 Å². The first kappa shape index (κ1) is 20.9. The Kier molecular flexibility index (Phi) is 6.98. The van der Waals surface area contributed by atoms with Crippen molar-refractivity contribution < 1.29 is 17.9 Å². The lowest BCUT2D eigenvalue weighted by atomic mass is 10.1. The van der Waals surface area contributed by atoms with Gasteiger partial charge in [-0.2, -0.15) is 0 Å². The quantitative estimate of drug-likeness (QED) is 0.703. The summed E-state index contributed by atoms with van der Waals surface area (Å²) in [5.74, 6) is -0.387. The summed E-state index contributed by atoms with van der Waals surface area (Å²) in [6.45, 7) is 6.06. The van der Waals surface area contributed by atoms with Gasteiger partial charge in [-0.05, 0) is 56.2 Å². The number of methoxy groups -OCH3 is 1. The summed E-state index contributed by atoms with van der Waals surface area (Å²) in [4.78, 5) is 12.5. The van der Waals surface area contributed by atoms with Crippen LogP contribution in [0.3, 0.4) is 0 Å². The number of anilines is 1. The summed E-state index contributed by atoms with van der Waals surface area (Å²) in [7, 11) is -2.35. The molecule has 0 aliphatic carbocycles. The van der Waals surface area contributed by atoms with E-state index in [1.807, 2.05) is 26.8 Å². The molecule has 6 nitrogen and oxygen atoms in total. The topological polar surface area (TPSA) is 75.7 Å². The Labute approximate surface area is 161 Å². The fraction of sp³-hybridized carbons (Fsp3) is 0.350. The number of ether oxygens (including phenoxy) is 1. The summed E-state index contributed by atoms with van der Waals surface area (Å²) in [6, 6.07) is 12.1. The van der Waals surface area contributed by atoms with E-state index < -0.39 is 10.0 Å². The molecule has 1 N–H and O–H groups in total. The average molecular weight is 391 g/mol. The molecule has 27 heavy (non-hydrogen) atoms. The number of amides is 1. The van der Waals surface area contributed by atoms with E-state index in [0.29, 0.717) is 18.8 Å². The molecule has 0 spiro atoms. The Morgan fingerprint density at radius 2 is 1.59 bits per heavy atom. The number of carbonyl (C=O) groups is 1. The van der Waals surface area contributed by atoms with Crippen LogP contribution in [0.25, 0.3) is 0 Å². The third-order valence-electron chi connectivity index (χ3n) is 4.02. The number of aryl methyl sites for hydroxylation is 3. The number of benzene rings is 2. The predicted molar refractivity (Wildman–Crippen MR) is 107 cm³/mol. The molecule has 1 amide bonds. The van der Waals surface area contributed by atoms with E-state index in [4.69, 9.17) is 4.74 Å². The van der Waals surface area contributed by atoms with Crippen molar-refractivity contribution in [2.24, 2.45) is 0 Å². The van der Waals surface area contributed by atoms with Gasteiger partial charge >= 0.3 is 0 Å². The van der Waals surface area contributed by atoms with Crippen LogP contribution >= 0.6 is 0 Å². The first-order chi connectivity index (χ1) is 12.7. The molecule has 0 heterocycles. The van der Waals surface area contributed by atoms with Gasteiger partial charge in [0.25, 0.3) is 10.0 Å². The Bertz CT molecular complexity index is 872. The van der Waals surface area contributed by atoms with Crippen molar-refractivity contribution >= 4 is 21.6 Å². The normalized spacial score (nSPS) is 11.3. The molecule has 0 radical (unpaired) electrons. The van der Waals surface area contributed by atoms with Crippen molar-refractivity contribution in [2.45, 2.75) is 25.7 Å². The summed E-state index contributed by atoms with van der Waals surface area (Å²) in [6.07, 6.45) is 0. The predicted octanol–water partition coefficient (Wildman–Crippen LogP) is 2.57. The SMILES string of the molecule is COCCNC(=O)CN(c1cc(C)cc(C)c1)S(=O)(=O)c1ccc(C)cc1. The highest BCUT2D eigenvalue weighted by Gasteiger charge is 2.27. The van der Waals surface area contributed by atoms with Gasteiger partial charge < -0.3 is 10.1 Å². The molecule has 2 aromatic rings. The lowest BCUT2D eigenvalue weighted by Crippen LogP contribution is -2.41. The van der Waals surface area contributed by atoms with Crippen LogP contribution < -0.4 is 9.62 Å².